The summed E-state index contributed by atoms with van der Waals surface area (Å²) in [6.07, 6.45) is 7.25. The third kappa shape index (κ3) is 2.76. The first-order chi connectivity index (χ1) is 8.92. The summed E-state index contributed by atoms with van der Waals surface area (Å²) in [4.78, 5) is 10.9. The van der Waals surface area contributed by atoms with E-state index in [1.165, 1.54) is 25.0 Å². The summed E-state index contributed by atoms with van der Waals surface area (Å²) in [7, 11) is 0. The Morgan fingerprint density at radius 2 is 2.39 bits per heavy atom. The molecule has 0 bridgehead atoms. The second kappa shape index (κ2) is 5.58. The van der Waals surface area contributed by atoms with Gasteiger partial charge in [-0.25, -0.2) is 9.97 Å². The molecule has 1 aliphatic heterocycles. The van der Waals surface area contributed by atoms with Crippen molar-refractivity contribution in [3.8, 4) is 0 Å². The molecule has 96 valence electrons. The normalized spacial score (nSPS) is 21.2. The van der Waals surface area contributed by atoms with Crippen molar-refractivity contribution >= 4 is 11.3 Å². The Hall–Kier alpha value is -1.27. The largest absolute Gasteiger partial charge is 0.293 e. The van der Waals surface area contributed by atoms with Crippen molar-refractivity contribution in [1.29, 1.82) is 0 Å². The van der Waals surface area contributed by atoms with Crippen LogP contribution in [-0.4, -0.2) is 37.2 Å². The summed E-state index contributed by atoms with van der Waals surface area (Å²) in [5.41, 5.74) is 3.09. The molecule has 0 N–H and O–H groups in total. The van der Waals surface area contributed by atoms with E-state index in [-0.39, 0.29) is 0 Å². The maximum absolute atomic E-state index is 4.38. The van der Waals surface area contributed by atoms with Crippen molar-refractivity contribution in [3.05, 3.63) is 29.2 Å². The molecule has 0 radical (unpaired) electrons. The number of hydrogen-bond acceptors (Lipinski definition) is 5. The van der Waals surface area contributed by atoms with Gasteiger partial charge in [0.2, 0.25) is 0 Å². The fourth-order valence-corrected chi connectivity index (χ4v) is 3.09. The highest BCUT2D eigenvalue weighted by molar-refractivity contribution is 7.07. The van der Waals surface area contributed by atoms with Crippen LogP contribution in [0.15, 0.2) is 23.5 Å². The zero-order chi connectivity index (χ0) is 12.2. The lowest BCUT2D eigenvalue weighted by atomic mass is 10.0. The number of likely N-dealkylation sites (tertiary alicyclic amines) is 1. The average molecular weight is 263 g/mol. The summed E-state index contributed by atoms with van der Waals surface area (Å²) in [5.74, 6) is 0. The van der Waals surface area contributed by atoms with E-state index >= 15 is 0 Å². The highest BCUT2D eigenvalue weighted by Gasteiger charge is 2.23. The maximum Gasteiger partial charge on any atom is 0.137 e. The number of piperidine rings is 1. The van der Waals surface area contributed by atoms with Crippen molar-refractivity contribution in [1.82, 2.24) is 24.6 Å². The monoisotopic (exact) mass is 263 g/mol. The van der Waals surface area contributed by atoms with Crippen molar-refractivity contribution in [3.63, 3.8) is 0 Å². The second-order valence-corrected chi connectivity index (χ2v) is 5.44. The molecule has 0 aromatic carbocycles. The van der Waals surface area contributed by atoms with Crippen LogP contribution in [0, 0.1) is 0 Å². The first kappa shape index (κ1) is 11.8. The molecule has 1 aliphatic rings. The summed E-state index contributed by atoms with van der Waals surface area (Å²) in [6, 6.07) is 0.558. The molecule has 0 aliphatic carbocycles. The van der Waals surface area contributed by atoms with Crippen LogP contribution in [-0.2, 0) is 13.1 Å². The lowest BCUT2D eigenvalue weighted by Gasteiger charge is -2.35. The fraction of sp³-hybridized carbons (Fsp3) is 0.583. The Morgan fingerprint density at radius 3 is 3.17 bits per heavy atom. The van der Waals surface area contributed by atoms with E-state index in [0.29, 0.717) is 6.04 Å². The molecule has 1 saturated heterocycles. The van der Waals surface area contributed by atoms with Crippen LogP contribution in [0.1, 0.15) is 25.0 Å². The van der Waals surface area contributed by atoms with Crippen LogP contribution in [0.5, 0.6) is 0 Å². The van der Waals surface area contributed by atoms with Gasteiger partial charge in [-0.1, -0.05) is 6.42 Å². The molecule has 5 nitrogen and oxygen atoms in total. The predicted octanol–water partition coefficient (Wildman–Crippen LogP) is 1.79. The molecule has 2 aromatic heterocycles. The van der Waals surface area contributed by atoms with Crippen molar-refractivity contribution < 1.29 is 0 Å². The molecule has 18 heavy (non-hydrogen) atoms. The molecule has 1 fully saturated rings. The van der Waals surface area contributed by atoms with Gasteiger partial charge in [0, 0.05) is 18.0 Å². The summed E-state index contributed by atoms with van der Waals surface area (Å²) in [6.45, 7) is 3.06. The summed E-state index contributed by atoms with van der Waals surface area (Å²) >= 11 is 1.67. The molecule has 1 atom stereocenters. The van der Waals surface area contributed by atoms with Crippen LogP contribution in [0.4, 0.5) is 0 Å². The van der Waals surface area contributed by atoms with Crippen LogP contribution < -0.4 is 0 Å². The topological polar surface area (TPSA) is 46.8 Å². The van der Waals surface area contributed by atoms with Crippen LogP contribution >= 0.6 is 11.3 Å². The number of aromatic nitrogens is 4. The Morgan fingerprint density at radius 1 is 1.39 bits per heavy atom. The van der Waals surface area contributed by atoms with Gasteiger partial charge in [-0.05, 0) is 19.4 Å². The maximum atomic E-state index is 4.38. The number of hydrogen-bond donors (Lipinski definition) is 0. The summed E-state index contributed by atoms with van der Waals surface area (Å²) < 4.78 is 1.93. The van der Waals surface area contributed by atoms with E-state index in [4.69, 9.17) is 0 Å². The van der Waals surface area contributed by atoms with Gasteiger partial charge in [-0.2, -0.15) is 5.10 Å². The fourth-order valence-electron chi connectivity index (χ4n) is 2.54. The van der Waals surface area contributed by atoms with Crippen molar-refractivity contribution in [2.45, 2.75) is 38.4 Å². The second-order valence-electron chi connectivity index (χ2n) is 4.72. The third-order valence-corrected chi connectivity index (χ3v) is 4.10. The molecule has 2 aromatic rings. The lowest BCUT2D eigenvalue weighted by molar-refractivity contribution is 0.120. The average Bonchev–Trinajstić information content (AvgIpc) is 3.05. The van der Waals surface area contributed by atoms with E-state index in [0.717, 1.165) is 19.6 Å². The van der Waals surface area contributed by atoms with Crippen LogP contribution in [0.3, 0.4) is 0 Å². The van der Waals surface area contributed by atoms with Gasteiger partial charge in [0.25, 0.3) is 0 Å². The molecule has 0 spiro atoms. The Bertz CT molecular complexity index is 409. The minimum absolute atomic E-state index is 0.558. The van der Waals surface area contributed by atoms with E-state index in [1.807, 2.05) is 10.2 Å². The van der Waals surface area contributed by atoms with Gasteiger partial charge >= 0.3 is 0 Å². The number of thiazole rings is 1. The Labute approximate surface area is 110 Å². The zero-order valence-corrected chi connectivity index (χ0v) is 11.1. The highest BCUT2D eigenvalue weighted by atomic mass is 32.1. The van der Waals surface area contributed by atoms with Gasteiger partial charge in [0.1, 0.15) is 12.7 Å². The van der Waals surface area contributed by atoms with E-state index in [9.17, 15) is 0 Å². The van der Waals surface area contributed by atoms with Gasteiger partial charge in [0.05, 0.1) is 17.7 Å². The molecule has 3 rings (SSSR count). The summed E-state index contributed by atoms with van der Waals surface area (Å²) in [5, 5.41) is 6.35. The van der Waals surface area contributed by atoms with Crippen LogP contribution in [0.25, 0.3) is 0 Å². The highest BCUT2D eigenvalue weighted by Crippen LogP contribution is 2.20. The molecule has 0 amide bonds. The van der Waals surface area contributed by atoms with Gasteiger partial charge < -0.3 is 0 Å². The van der Waals surface area contributed by atoms with E-state index < -0.39 is 0 Å². The third-order valence-electron chi connectivity index (χ3n) is 3.46. The van der Waals surface area contributed by atoms with Crippen molar-refractivity contribution in [2.24, 2.45) is 0 Å². The number of nitrogens with zero attached hydrogens (tertiary/aromatic N) is 5. The van der Waals surface area contributed by atoms with Crippen molar-refractivity contribution in [2.75, 3.05) is 6.54 Å². The van der Waals surface area contributed by atoms with E-state index in [1.54, 1.807) is 24.0 Å². The Kier molecular flexibility index (Phi) is 3.66. The van der Waals surface area contributed by atoms with Crippen LogP contribution in [0.2, 0.25) is 0 Å². The lowest BCUT2D eigenvalue weighted by Crippen LogP contribution is -2.41. The van der Waals surface area contributed by atoms with Gasteiger partial charge in [0.15, 0.2) is 0 Å². The molecule has 3 heterocycles. The molecule has 6 heteroatoms. The minimum Gasteiger partial charge on any atom is -0.293 e. The molecular weight excluding hydrogens is 246 g/mol. The van der Waals surface area contributed by atoms with Gasteiger partial charge in [-0.15, -0.1) is 11.3 Å². The zero-order valence-electron chi connectivity index (χ0n) is 10.3. The first-order valence-electron chi connectivity index (χ1n) is 6.35. The Balaban J connectivity index is 1.66. The molecule has 1 unspecified atom stereocenters. The smallest absolute Gasteiger partial charge is 0.137 e. The van der Waals surface area contributed by atoms with E-state index in [2.05, 4.69) is 25.3 Å². The standard InChI is InChI=1S/C12H17N5S/c1-2-4-16(5-11-7-18-10-14-11)12(3-1)6-17-9-13-8-15-17/h7-10,12H,1-6H2. The van der Waals surface area contributed by atoms with Gasteiger partial charge in [-0.3, -0.25) is 9.58 Å². The molecule has 0 saturated carbocycles. The SMILES string of the molecule is c1ncn(CC2CCCCN2Cc2cscn2)n1. The predicted molar refractivity (Wildman–Crippen MR) is 70.2 cm³/mol. The molecular formula is C12H17N5S. The quantitative estimate of drug-likeness (QED) is 0.843. The minimum atomic E-state index is 0.558. The number of rotatable bonds is 4. The first-order valence-corrected chi connectivity index (χ1v) is 7.29.